The van der Waals surface area contributed by atoms with Crippen LogP contribution in [0.2, 0.25) is 0 Å². The van der Waals surface area contributed by atoms with Crippen LogP contribution in [0.1, 0.15) is 11.1 Å². The molecule has 2 aromatic carbocycles. The summed E-state index contributed by atoms with van der Waals surface area (Å²) in [7, 11) is -7.21. The molecule has 0 spiro atoms. The van der Waals surface area contributed by atoms with Crippen molar-refractivity contribution in [2.75, 3.05) is 31.0 Å². The van der Waals surface area contributed by atoms with Gasteiger partial charge in [0.05, 0.1) is 15.5 Å². The first kappa shape index (κ1) is 22.2. The van der Waals surface area contributed by atoms with Gasteiger partial charge in [0.25, 0.3) is 0 Å². The Morgan fingerprint density at radius 1 is 1.00 bits per heavy atom. The third-order valence-electron chi connectivity index (χ3n) is 4.14. The Bertz CT molecular complexity index is 1040. The van der Waals surface area contributed by atoms with Crippen molar-refractivity contribution in [3.8, 4) is 5.75 Å². The lowest BCUT2D eigenvalue weighted by atomic mass is 10.1. The van der Waals surface area contributed by atoms with Gasteiger partial charge in [0.1, 0.15) is 18.5 Å². The highest BCUT2D eigenvalue weighted by Crippen LogP contribution is 2.25. The van der Waals surface area contributed by atoms with Crippen LogP contribution in [-0.4, -0.2) is 53.7 Å². The van der Waals surface area contributed by atoms with Gasteiger partial charge in [-0.2, -0.15) is 0 Å². The predicted molar refractivity (Wildman–Crippen MR) is 109 cm³/mol. The van der Waals surface area contributed by atoms with E-state index in [1.54, 1.807) is 0 Å². The number of hydrogen-bond acceptors (Lipinski definition) is 7. The Morgan fingerprint density at radius 3 is 2.14 bits per heavy atom. The van der Waals surface area contributed by atoms with E-state index in [-0.39, 0.29) is 28.6 Å². The summed E-state index contributed by atoms with van der Waals surface area (Å²) in [5, 5.41) is 13.1. The Kier molecular flexibility index (Phi) is 6.74. The van der Waals surface area contributed by atoms with E-state index in [1.165, 1.54) is 12.1 Å². The first-order valence-electron chi connectivity index (χ1n) is 8.54. The van der Waals surface area contributed by atoms with Crippen LogP contribution in [0.4, 0.5) is 5.69 Å². The van der Waals surface area contributed by atoms with Gasteiger partial charge in [-0.1, -0.05) is 18.2 Å². The maximum atomic E-state index is 12.0. The molecule has 0 aliphatic carbocycles. The number of aryl methyl sites for hydroxylation is 2. The van der Waals surface area contributed by atoms with E-state index in [2.05, 4.69) is 5.32 Å². The fraction of sp³-hybridized carbons (Fsp3) is 0.368. The molecule has 2 N–H and O–H groups in total. The number of benzene rings is 2. The maximum Gasteiger partial charge on any atom is 0.177 e. The van der Waals surface area contributed by atoms with Gasteiger partial charge in [-0.15, -0.1) is 0 Å². The van der Waals surface area contributed by atoms with Crippen LogP contribution >= 0.6 is 0 Å². The third kappa shape index (κ3) is 5.70. The van der Waals surface area contributed by atoms with Crippen LogP contribution in [0.3, 0.4) is 0 Å². The van der Waals surface area contributed by atoms with Gasteiger partial charge in [0.15, 0.2) is 19.7 Å². The zero-order chi connectivity index (χ0) is 21.1. The summed E-state index contributed by atoms with van der Waals surface area (Å²) in [5.74, 6) is 0.705. The van der Waals surface area contributed by atoms with Crippen molar-refractivity contribution < 1.29 is 26.7 Å². The number of para-hydroxylation sites is 1. The van der Waals surface area contributed by atoms with Crippen molar-refractivity contribution in [3.05, 3.63) is 47.5 Å². The highest BCUT2D eigenvalue weighted by atomic mass is 32.2. The molecule has 0 saturated carbocycles. The zero-order valence-corrected chi connectivity index (χ0v) is 17.9. The molecule has 0 aliphatic heterocycles. The van der Waals surface area contributed by atoms with Crippen LogP contribution in [-0.2, 0) is 19.7 Å². The Hall–Kier alpha value is -2.10. The fourth-order valence-electron chi connectivity index (χ4n) is 2.68. The minimum absolute atomic E-state index is 0.0221. The molecule has 1 unspecified atom stereocenters. The normalized spacial score (nSPS) is 13.2. The summed E-state index contributed by atoms with van der Waals surface area (Å²) >= 11 is 0. The van der Waals surface area contributed by atoms with Gasteiger partial charge in [-0.3, -0.25) is 0 Å². The molecule has 0 saturated heterocycles. The molecule has 9 heteroatoms. The lowest BCUT2D eigenvalue weighted by molar-refractivity contribution is 0.117. The van der Waals surface area contributed by atoms with Crippen molar-refractivity contribution in [2.24, 2.45) is 0 Å². The smallest absolute Gasteiger partial charge is 0.177 e. The van der Waals surface area contributed by atoms with Crippen LogP contribution in [0.15, 0.2) is 46.2 Å². The summed E-state index contributed by atoms with van der Waals surface area (Å²) < 4.78 is 53.2. The van der Waals surface area contributed by atoms with Crippen molar-refractivity contribution in [2.45, 2.75) is 29.7 Å². The number of aliphatic hydroxyl groups is 1. The summed E-state index contributed by atoms with van der Waals surface area (Å²) in [6.07, 6.45) is 1.11. The molecule has 0 heterocycles. The lowest BCUT2D eigenvalue weighted by Crippen LogP contribution is -2.27. The second-order valence-electron chi connectivity index (χ2n) is 6.77. The SMILES string of the molecule is Cc1cccc(C)c1OCC(O)CNc1ccc(S(C)(=O)=O)cc1S(C)(=O)=O. The van der Waals surface area contributed by atoms with Crippen molar-refractivity contribution in [1.82, 2.24) is 0 Å². The molecule has 0 amide bonds. The molecular weight excluding hydrogens is 402 g/mol. The van der Waals surface area contributed by atoms with E-state index in [1.807, 2.05) is 32.0 Å². The number of anilines is 1. The number of hydrogen-bond donors (Lipinski definition) is 2. The maximum absolute atomic E-state index is 12.0. The number of sulfone groups is 2. The number of aliphatic hydroxyl groups excluding tert-OH is 1. The summed E-state index contributed by atoms with van der Waals surface area (Å²) in [5.41, 5.74) is 2.13. The van der Waals surface area contributed by atoms with Gasteiger partial charge < -0.3 is 15.2 Å². The second kappa shape index (κ2) is 8.50. The zero-order valence-electron chi connectivity index (χ0n) is 16.3. The monoisotopic (exact) mass is 427 g/mol. The van der Waals surface area contributed by atoms with Gasteiger partial charge in [0.2, 0.25) is 0 Å². The lowest BCUT2D eigenvalue weighted by Gasteiger charge is -2.18. The van der Waals surface area contributed by atoms with Crippen molar-refractivity contribution in [3.63, 3.8) is 0 Å². The molecule has 0 bridgehead atoms. The van der Waals surface area contributed by atoms with E-state index in [4.69, 9.17) is 4.74 Å². The van der Waals surface area contributed by atoms with Gasteiger partial charge >= 0.3 is 0 Å². The van der Waals surface area contributed by atoms with Crippen molar-refractivity contribution >= 4 is 25.4 Å². The van der Waals surface area contributed by atoms with E-state index in [0.717, 1.165) is 29.7 Å². The highest BCUT2D eigenvalue weighted by Gasteiger charge is 2.18. The molecule has 7 nitrogen and oxygen atoms in total. The first-order valence-corrected chi connectivity index (χ1v) is 12.3. The van der Waals surface area contributed by atoms with E-state index in [9.17, 15) is 21.9 Å². The molecule has 2 aromatic rings. The highest BCUT2D eigenvalue weighted by molar-refractivity contribution is 7.91. The topological polar surface area (TPSA) is 110 Å². The third-order valence-corrected chi connectivity index (χ3v) is 6.38. The number of rotatable bonds is 8. The molecule has 0 radical (unpaired) electrons. The minimum atomic E-state index is -3.67. The molecule has 0 aromatic heterocycles. The van der Waals surface area contributed by atoms with Crippen LogP contribution in [0.25, 0.3) is 0 Å². The molecule has 0 fully saturated rings. The quantitative estimate of drug-likeness (QED) is 0.663. The van der Waals surface area contributed by atoms with Crippen LogP contribution in [0, 0.1) is 13.8 Å². The molecule has 2 rings (SSSR count). The number of nitrogens with one attached hydrogen (secondary N) is 1. The first-order chi connectivity index (χ1) is 12.9. The summed E-state index contributed by atoms with van der Waals surface area (Å²) in [6.45, 7) is 3.88. The fourth-order valence-corrected chi connectivity index (χ4v) is 4.28. The van der Waals surface area contributed by atoms with E-state index < -0.39 is 25.8 Å². The standard InChI is InChI=1S/C19H25NO6S2/c1-13-6-5-7-14(2)19(13)26-12-15(21)11-20-17-9-8-16(27(3,22)23)10-18(17)28(4,24)25/h5-10,15,20-21H,11-12H2,1-4H3. The summed E-state index contributed by atoms with van der Waals surface area (Å²) in [4.78, 5) is -0.226. The molecule has 154 valence electrons. The minimum Gasteiger partial charge on any atom is -0.490 e. The number of ether oxygens (including phenoxy) is 1. The van der Waals surface area contributed by atoms with Gasteiger partial charge in [-0.25, -0.2) is 16.8 Å². The van der Waals surface area contributed by atoms with E-state index in [0.29, 0.717) is 5.75 Å². The Balaban J connectivity index is 2.11. The summed E-state index contributed by atoms with van der Waals surface area (Å²) in [6, 6.07) is 9.57. The Morgan fingerprint density at radius 2 is 1.61 bits per heavy atom. The molecular formula is C19H25NO6S2. The van der Waals surface area contributed by atoms with E-state index >= 15 is 0 Å². The average Bonchev–Trinajstić information content (AvgIpc) is 2.57. The van der Waals surface area contributed by atoms with Crippen LogP contribution in [0.5, 0.6) is 5.75 Å². The van der Waals surface area contributed by atoms with Gasteiger partial charge in [0, 0.05) is 19.1 Å². The molecule has 0 aliphatic rings. The predicted octanol–water partition coefficient (Wildman–Crippen LogP) is 1.96. The second-order valence-corrected chi connectivity index (χ2v) is 10.8. The molecule has 1 atom stereocenters. The molecule has 28 heavy (non-hydrogen) atoms. The van der Waals surface area contributed by atoms with Crippen molar-refractivity contribution in [1.29, 1.82) is 0 Å². The Labute approximate surface area is 166 Å². The van der Waals surface area contributed by atoms with Gasteiger partial charge in [-0.05, 0) is 43.2 Å². The van der Waals surface area contributed by atoms with Crippen LogP contribution < -0.4 is 10.1 Å². The largest absolute Gasteiger partial charge is 0.490 e. The average molecular weight is 428 g/mol.